The first-order valence-corrected chi connectivity index (χ1v) is 10.2. The topological polar surface area (TPSA) is 89.0 Å². The van der Waals surface area contributed by atoms with Crippen LogP contribution in [0.3, 0.4) is 0 Å². The molecule has 5 rings (SSSR count). The van der Waals surface area contributed by atoms with Gasteiger partial charge in [0, 0.05) is 16.2 Å². The highest BCUT2D eigenvalue weighted by atomic mass is 79.9. The van der Waals surface area contributed by atoms with Gasteiger partial charge in [-0.15, -0.1) is 0 Å². The number of aliphatic hydroxyl groups is 1. The van der Waals surface area contributed by atoms with Crippen molar-refractivity contribution in [1.82, 2.24) is 4.98 Å². The number of halogens is 1. The molecule has 0 radical (unpaired) electrons. The van der Waals surface area contributed by atoms with Gasteiger partial charge in [-0.3, -0.25) is 19.5 Å². The summed E-state index contributed by atoms with van der Waals surface area (Å²) < 4.78 is 11.7. The van der Waals surface area contributed by atoms with Gasteiger partial charge in [-0.05, 0) is 42.0 Å². The number of benzene rings is 2. The molecule has 1 fully saturated rings. The number of rotatable bonds is 3. The number of hydrogen-bond acceptors (Lipinski definition) is 6. The van der Waals surface area contributed by atoms with Crippen molar-refractivity contribution in [2.75, 3.05) is 11.7 Å². The molecule has 3 aromatic rings. The van der Waals surface area contributed by atoms with Crippen LogP contribution < -0.4 is 14.4 Å². The third-order valence-electron chi connectivity index (χ3n) is 5.20. The summed E-state index contributed by atoms with van der Waals surface area (Å²) in [5.74, 6) is -0.672. The number of ketones is 1. The van der Waals surface area contributed by atoms with Crippen LogP contribution in [0.25, 0.3) is 5.76 Å². The number of nitrogens with zero attached hydrogens (tertiary/aromatic N) is 2. The Morgan fingerprint density at radius 2 is 1.84 bits per heavy atom. The van der Waals surface area contributed by atoms with E-state index >= 15 is 0 Å². The summed E-state index contributed by atoms with van der Waals surface area (Å²) in [4.78, 5) is 31.6. The predicted octanol–water partition coefficient (Wildman–Crippen LogP) is 4.20. The zero-order valence-corrected chi connectivity index (χ0v) is 17.6. The van der Waals surface area contributed by atoms with E-state index in [1.165, 1.54) is 11.1 Å². The molecule has 7 nitrogen and oxygen atoms in total. The number of ether oxygens (including phenoxy) is 2. The molecule has 3 heterocycles. The van der Waals surface area contributed by atoms with Crippen LogP contribution in [0.5, 0.6) is 11.5 Å². The van der Waals surface area contributed by atoms with E-state index in [9.17, 15) is 14.7 Å². The van der Waals surface area contributed by atoms with Crippen LogP contribution in [-0.2, 0) is 9.59 Å². The van der Waals surface area contributed by atoms with Crippen LogP contribution >= 0.6 is 15.9 Å². The first kappa shape index (κ1) is 19.3. The van der Waals surface area contributed by atoms with Crippen molar-refractivity contribution in [3.63, 3.8) is 0 Å². The molecule has 0 bridgehead atoms. The summed E-state index contributed by atoms with van der Waals surface area (Å²) in [6.45, 7) is 0.0977. The maximum absolute atomic E-state index is 13.1. The normalized spacial score (nSPS) is 19.1. The molecular formula is C23H15BrN2O5. The average molecular weight is 479 g/mol. The minimum atomic E-state index is -0.859. The van der Waals surface area contributed by atoms with Gasteiger partial charge >= 0.3 is 0 Å². The van der Waals surface area contributed by atoms with E-state index < -0.39 is 17.7 Å². The Labute approximate surface area is 185 Å². The lowest BCUT2D eigenvalue weighted by Gasteiger charge is -2.25. The summed E-state index contributed by atoms with van der Waals surface area (Å²) in [5, 5.41) is 11.1. The molecule has 1 saturated heterocycles. The Kier molecular flexibility index (Phi) is 4.71. The van der Waals surface area contributed by atoms with E-state index in [2.05, 4.69) is 20.9 Å². The van der Waals surface area contributed by atoms with E-state index in [4.69, 9.17) is 9.47 Å². The minimum absolute atomic E-state index is 0.00459. The van der Waals surface area contributed by atoms with Gasteiger partial charge in [0.15, 0.2) is 11.5 Å². The van der Waals surface area contributed by atoms with Crippen LogP contribution in [0.15, 0.2) is 77.0 Å². The van der Waals surface area contributed by atoms with Crippen LogP contribution in [0.4, 0.5) is 5.69 Å². The monoisotopic (exact) mass is 478 g/mol. The van der Waals surface area contributed by atoms with Gasteiger partial charge in [0.2, 0.25) is 6.79 Å². The maximum Gasteiger partial charge on any atom is 0.300 e. The molecular weight excluding hydrogens is 464 g/mol. The SMILES string of the molecule is O=C1C(=O)N(c2cccnc2)C(c2ccc3c(c2)OCO3)C1=C(O)c1ccc(Br)cc1. The van der Waals surface area contributed by atoms with Crippen molar-refractivity contribution in [3.8, 4) is 11.5 Å². The van der Waals surface area contributed by atoms with Crippen molar-refractivity contribution in [3.05, 3.63) is 88.2 Å². The largest absolute Gasteiger partial charge is 0.507 e. The lowest BCUT2D eigenvalue weighted by Crippen LogP contribution is -2.29. The molecule has 0 spiro atoms. The molecule has 1 N–H and O–H groups in total. The number of carbonyl (C=O) groups is 2. The highest BCUT2D eigenvalue weighted by Crippen LogP contribution is 2.44. The van der Waals surface area contributed by atoms with Gasteiger partial charge < -0.3 is 14.6 Å². The molecule has 31 heavy (non-hydrogen) atoms. The van der Waals surface area contributed by atoms with Crippen LogP contribution in [0.1, 0.15) is 17.2 Å². The summed E-state index contributed by atoms with van der Waals surface area (Å²) in [6, 6.07) is 14.6. The number of amides is 1. The molecule has 2 aliphatic heterocycles. The molecule has 2 aromatic carbocycles. The zero-order valence-electron chi connectivity index (χ0n) is 16.0. The molecule has 154 valence electrons. The van der Waals surface area contributed by atoms with Crippen LogP contribution in [0.2, 0.25) is 0 Å². The van der Waals surface area contributed by atoms with E-state index in [1.54, 1.807) is 60.8 Å². The highest BCUT2D eigenvalue weighted by Gasteiger charge is 2.47. The maximum atomic E-state index is 13.1. The standard InChI is InChI=1S/C23H15BrN2O5/c24-15-6-3-13(4-7-15)21(27)19-20(14-5-8-17-18(10-14)31-12-30-17)26(23(29)22(19)28)16-2-1-9-25-11-16/h1-11,20,27H,12H2. The molecule has 0 saturated carbocycles. The molecule has 1 unspecified atom stereocenters. The fraction of sp³-hybridized carbons (Fsp3) is 0.0870. The van der Waals surface area contributed by atoms with Crippen molar-refractivity contribution >= 4 is 39.1 Å². The first-order valence-electron chi connectivity index (χ1n) is 9.41. The molecule has 1 amide bonds. The minimum Gasteiger partial charge on any atom is -0.507 e. The Balaban J connectivity index is 1.72. The fourth-order valence-corrected chi connectivity index (χ4v) is 4.02. The van der Waals surface area contributed by atoms with Crippen LogP contribution in [0, 0.1) is 0 Å². The summed E-state index contributed by atoms with van der Waals surface area (Å²) in [6.07, 6.45) is 3.09. The number of carbonyl (C=O) groups excluding carboxylic acids is 2. The second kappa shape index (κ2) is 7.55. The Bertz CT molecular complexity index is 1220. The molecule has 1 aromatic heterocycles. The Morgan fingerprint density at radius 3 is 2.58 bits per heavy atom. The quantitative estimate of drug-likeness (QED) is 0.344. The Hall–Kier alpha value is -3.65. The van der Waals surface area contributed by atoms with E-state index in [1.807, 2.05) is 0 Å². The molecule has 8 heteroatoms. The predicted molar refractivity (Wildman–Crippen MR) is 116 cm³/mol. The number of hydrogen-bond donors (Lipinski definition) is 1. The molecule has 2 aliphatic rings. The number of aromatic nitrogens is 1. The first-order chi connectivity index (χ1) is 15.0. The molecule has 0 aliphatic carbocycles. The lowest BCUT2D eigenvalue weighted by atomic mass is 9.95. The lowest BCUT2D eigenvalue weighted by molar-refractivity contribution is -0.132. The number of anilines is 1. The number of fused-ring (bicyclic) bond motifs is 1. The van der Waals surface area contributed by atoms with Gasteiger partial charge in [-0.1, -0.05) is 34.1 Å². The highest BCUT2D eigenvalue weighted by molar-refractivity contribution is 9.10. The smallest absolute Gasteiger partial charge is 0.300 e. The second-order valence-corrected chi connectivity index (χ2v) is 7.92. The third kappa shape index (κ3) is 3.25. The average Bonchev–Trinajstić information content (AvgIpc) is 3.36. The van der Waals surface area contributed by atoms with Crippen molar-refractivity contribution < 1.29 is 24.2 Å². The fourth-order valence-electron chi connectivity index (χ4n) is 3.76. The van der Waals surface area contributed by atoms with Crippen LogP contribution in [-0.4, -0.2) is 28.6 Å². The number of Topliss-reactive ketones (excluding diaryl/α,β-unsaturated/α-hetero) is 1. The molecule has 1 atom stereocenters. The second-order valence-electron chi connectivity index (χ2n) is 7.00. The summed E-state index contributed by atoms with van der Waals surface area (Å²) >= 11 is 3.36. The number of pyridine rings is 1. The van der Waals surface area contributed by atoms with E-state index in [-0.39, 0.29) is 18.1 Å². The van der Waals surface area contributed by atoms with Gasteiger partial charge in [-0.2, -0.15) is 0 Å². The van der Waals surface area contributed by atoms with Gasteiger partial charge in [0.1, 0.15) is 5.76 Å². The number of aliphatic hydroxyl groups excluding tert-OH is 1. The van der Waals surface area contributed by atoms with Gasteiger partial charge in [-0.25, -0.2) is 0 Å². The van der Waals surface area contributed by atoms with E-state index in [0.717, 1.165) is 4.47 Å². The summed E-state index contributed by atoms with van der Waals surface area (Å²) in [5.41, 5.74) is 1.47. The zero-order chi connectivity index (χ0) is 21.5. The van der Waals surface area contributed by atoms with Crippen molar-refractivity contribution in [2.45, 2.75) is 6.04 Å². The van der Waals surface area contributed by atoms with Crippen molar-refractivity contribution in [1.29, 1.82) is 0 Å². The van der Waals surface area contributed by atoms with Gasteiger partial charge in [0.25, 0.3) is 11.7 Å². The summed E-state index contributed by atoms with van der Waals surface area (Å²) in [7, 11) is 0. The van der Waals surface area contributed by atoms with Crippen molar-refractivity contribution in [2.24, 2.45) is 0 Å². The third-order valence-corrected chi connectivity index (χ3v) is 5.73. The van der Waals surface area contributed by atoms with Gasteiger partial charge in [0.05, 0.1) is 23.5 Å². The van der Waals surface area contributed by atoms with E-state index in [0.29, 0.717) is 28.3 Å². The Morgan fingerprint density at radius 1 is 1.06 bits per heavy atom.